The van der Waals surface area contributed by atoms with Crippen LogP contribution < -0.4 is 5.32 Å². The third-order valence-corrected chi connectivity index (χ3v) is 4.04. The van der Waals surface area contributed by atoms with E-state index >= 15 is 0 Å². The number of aromatic nitrogens is 2. The van der Waals surface area contributed by atoms with E-state index in [1.54, 1.807) is 0 Å². The molecule has 2 rings (SSSR count). The molecule has 0 radical (unpaired) electrons. The lowest BCUT2D eigenvalue weighted by Crippen LogP contribution is -2.36. The van der Waals surface area contributed by atoms with E-state index in [1.165, 1.54) is 18.2 Å². The van der Waals surface area contributed by atoms with E-state index in [9.17, 15) is 20.0 Å². The molecule has 0 bridgehead atoms. The Morgan fingerprint density at radius 1 is 1.43 bits per heavy atom. The number of aromatic amines is 1. The van der Waals surface area contributed by atoms with Crippen LogP contribution in [0.1, 0.15) is 37.2 Å². The Kier molecular flexibility index (Phi) is 5.28. The summed E-state index contributed by atoms with van der Waals surface area (Å²) in [6.45, 7) is 4.09. The Morgan fingerprint density at radius 2 is 2.13 bits per heavy atom. The van der Waals surface area contributed by atoms with Crippen molar-refractivity contribution in [3.63, 3.8) is 0 Å². The van der Waals surface area contributed by atoms with E-state index < -0.39 is 16.9 Å². The van der Waals surface area contributed by atoms with Gasteiger partial charge in [-0.1, -0.05) is 26.7 Å². The Bertz CT molecular complexity index is 709. The molecular formula is C15H20N4O4. The average Bonchev–Trinajstić information content (AvgIpc) is 2.96. The Labute approximate surface area is 133 Å². The van der Waals surface area contributed by atoms with Gasteiger partial charge in [0, 0.05) is 24.1 Å². The fourth-order valence-electron chi connectivity index (χ4n) is 2.57. The lowest BCUT2D eigenvalue weighted by molar-refractivity contribution is -0.384. The molecule has 1 heterocycles. The highest BCUT2D eigenvalue weighted by molar-refractivity contribution is 6.05. The van der Waals surface area contributed by atoms with Crippen molar-refractivity contribution in [2.75, 3.05) is 6.54 Å². The lowest BCUT2D eigenvalue weighted by atomic mass is 9.96. The standard InChI is InChI=1S/C15H20N4O4/c1-3-9(4-2)13(20)8-16-15(21)14-11-7-10(19(22)23)5-6-12(11)17-18-14/h5-7,9,13,20H,3-4,8H2,1-2H3,(H,16,21)(H,17,18). The normalized spacial score (nSPS) is 12.5. The predicted molar refractivity (Wildman–Crippen MR) is 85.2 cm³/mol. The molecule has 0 aliphatic heterocycles. The molecule has 0 aliphatic rings. The second kappa shape index (κ2) is 7.19. The first-order chi connectivity index (χ1) is 11.0. The van der Waals surface area contributed by atoms with Gasteiger partial charge in [0.05, 0.1) is 16.5 Å². The minimum atomic E-state index is -0.631. The van der Waals surface area contributed by atoms with Crippen LogP contribution in [0.4, 0.5) is 5.69 Å². The number of nitrogens with zero attached hydrogens (tertiary/aromatic N) is 2. The highest BCUT2D eigenvalue weighted by Crippen LogP contribution is 2.22. The van der Waals surface area contributed by atoms with Crippen LogP contribution >= 0.6 is 0 Å². The van der Waals surface area contributed by atoms with E-state index in [0.29, 0.717) is 10.9 Å². The number of hydrogen-bond acceptors (Lipinski definition) is 5. The summed E-state index contributed by atoms with van der Waals surface area (Å²) in [4.78, 5) is 22.6. The molecule has 1 amide bonds. The number of carbonyl (C=O) groups is 1. The van der Waals surface area contributed by atoms with Crippen LogP contribution in [0.25, 0.3) is 10.9 Å². The molecule has 0 saturated carbocycles. The van der Waals surface area contributed by atoms with Crippen LogP contribution in [-0.2, 0) is 0 Å². The smallest absolute Gasteiger partial charge is 0.272 e. The van der Waals surface area contributed by atoms with E-state index in [1.807, 2.05) is 13.8 Å². The van der Waals surface area contributed by atoms with E-state index in [4.69, 9.17) is 0 Å². The molecule has 124 valence electrons. The average molecular weight is 320 g/mol. The number of rotatable bonds is 7. The summed E-state index contributed by atoms with van der Waals surface area (Å²) in [5.41, 5.74) is 0.520. The summed E-state index contributed by atoms with van der Waals surface area (Å²) in [6, 6.07) is 4.17. The van der Waals surface area contributed by atoms with Crippen molar-refractivity contribution in [1.82, 2.24) is 15.5 Å². The Morgan fingerprint density at radius 3 is 2.74 bits per heavy atom. The number of benzene rings is 1. The SMILES string of the molecule is CCC(CC)C(O)CNC(=O)c1n[nH]c2ccc([N+](=O)[O-])cc12. The zero-order chi connectivity index (χ0) is 17.0. The third-order valence-electron chi connectivity index (χ3n) is 4.04. The van der Waals surface area contributed by atoms with Crippen LogP contribution in [0.3, 0.4) is 0 Å². The number of aliphatic hydroxyl groups excluding tert-OH is 1. The van der Waals surface area contributed by atoms with Crippen molar-refractivity contribution in [3.05, 3.63) is 34.0 Å². The number of amides is 1. The van der Waals surface area contributed by atoms with Crippen LogP contribution in [0, 0.1) is 16.0 Å². The molecule has 8 heteroatoms. The largest absolute Gasteiger partial charge is 0.391 e. The molecule has 1 atom stereocenters. The van der Waals surface area contributed by atoms with E-state index in [2.05, 4.69) is 15.5 Å². The highest BCUT2D eigenvalue weighted by Gasteiger charge is 2.20. The summed E-state index contributed by atoms with van der Waals surface area (Å²) < 4.78 is 0. The molecule has 0 spiro atoms. The van der Waals surface area contributed by atoms with Crippen molar-refractivity contribution >= 4 is 22.5 Å². The van der Waals surface area contributed by atoms with Crippen LogP contribution in [-0.4, -0.2) is 38.8 Å². The van der Waals surface area contributed by atoms with Gasteiger partial charge in [-0.05, 0) is 12.0 Å². The Hall–Kier alpha value is -2.48. The molecule has 1 aromatic heterocycles. The number of nitro groups is 1. The number of nitro benzene ring substituents is 1. The van der Waals surface area contributed by atoms with Crippen molar-refractivity contribution in [1.29, 1.82) is 0 Å². The predicted octanol–water partition coefficient (Wildman–Crippen LogP) is 2.00. The van der Waals surface area contributed by atoms with E-state index in [-0.39, 0.29) is 23.8 Å². The first kappa shape index (κ1) is 16.9. The van der Waals surface area contributed by atoms with Gasteiger partial charge in [0.2, 0.25) is 0 Å². The first-order valence-electron chi connectivity index (χ1n) is 7.56. The number of fused-ring (bicyclic) bond motifs is 1. The van der Waals surface area contributed by atoms with Gasteiger partial charge in [-0.2, -0.15) is 5.10 Å². The number of carbonyl (C=O) groups excluding carboxylic acids is 1. The summed E-state index contributed by atoms with van der Waals surface area (Å²) in [6.07, 6.45) is 1.02. The van der Waals surface area contributed by atoms with Crippen molar-refractivity contribution in [3.8, 4) is 0 Å². The maximum absolute atomic E-state index is 12.2. The van der Waals surface area contributed by atoms with Gasteiger partial charge in [0.15, 0.2) is 5.69 Å². The third kappa shape index (κ3) is 3.65. The minimum absolute atomic E-state index is 0.0837. The first-order valence-corrected chi connectivity index (χ1v) is 7.56. The van der Waals surface area contributed by atoms with Gasteiger partial charge in [-0.3, -0.25) is 20.0 Å². The second-order valence-corrected chi connectivity index (χ2v) is 5.41. The van der Waals surface area contributed by atoms with Gasteiger partial charge in [-0.25, -0.2) is 0 Å². The molecule has 8 nitrogen and oxygen atoms in total. The number of H-pyrrole nitrogens is 1. The molecule has 1 unspecified atom stereocenters. The van der Waals surface area contributed by atoms with Gasteiger partial charge >= 0.3 is 0 Å². The van der Waals surface area contributed by atoms with Gasteiger partial charge in [0.1, 0.15) is 0 Å². The van der Waals surface area contributed by atoms with Crippen molar-refractivity contribution < 1.29 is 14.8 Å². The number of non-ortho nitro benzene ring substituents is 1. The molecule has 3 N–H and O–H groups in total. The van der Waals surface area contributed by atoms with Gasteiger partial charge < -0.3 is 10.4 Å². The zero-order valence-electron chi connectivity index (χ0n) is 13.1. The topological polar surface area (TPSA) is 121 Å². The maximum atomic E-state index is 12.2. The summed E-state index contributed by atoms with van der Waals surface area (Å²) >= 11 is 0. The quantitative estimate of drug-likeness (QED) is 0.532. The zero-order valence-corrected chi connectivity index (χ0v) is 13.1. The van der Waals surface area contributed by atoms with Gasteiger partial charge in [0.25, 0.3) is 11.6 Å². The summed E-state index contributed by atoms with van der Waals surface area (Å²) in [7, 11) is 0. The van der Waals surface area contributed by atoms with Crippen molar-refractivity contribution in [2.45, 2.75) is 32.8 Å². The molecule has 2 aromatic rings. The molecule has 1 aromatic carbocycles. The summed E-state index contributed by atoms with van der Waals surface area (Å²) in [5.74, 6) is -0.353. The van der Waals surface area contributed by atoms with Crippen molar-refractivity contribution in [2.24, 2.45) is 5.92 Å². The summed E-state index contributed by atoms with van der Waals surface area (Å²) in [5, 5.41) is 30.5. The monoisotopic (exact) mass is 320 g/mol. The molecule has 0 saturated heterocycles. The fourth-order valence-corrected chi connectivity index (χ4v) is 2.57. The second-order valence-electron chi connectivity index (χ2n) is 5.41. The van der Waals surface area contributed by atoms with E-state index in [0.717, 1.165) is 12.8 Å². The maximum Gasteiger partial charge on any atom is 0.272 e. The molecule has 0 aliphatic carbocycles. The van der Waals surface area contributed by atoms with Crippen LogP contribution in [0.2, 0.25) is 0 Å². The lowest BCUT2D eigenvalue weighted by Gasteiger charge is -2.20. The molecule has 23 heavy (non-hydrogen) atoms. The Balaban J connectivity index is 2.15. The van der Waals surface area contributed by atoms with Crippen LogP contribution in [0.15, 0.2) is 18.2 Å². The minimum Gasteiger partial charge on any atom is -0.391 e. The number of hydrogen-bond donors (Lipinski definition) is 3. The fraction of sp³-hybridized carbons (Fsp3) is 0.467. The van der Waals surface area contributed by atoms with Crippen LogP contribution in [0.5, 0.6) is 0 Å². The highest BCUT2D eigenvalue weighted by atomic mass is 16.6. The molecule has 0 fully saturated rings. The number of aliphatic hydroxyl groups is 1. The molecular weight excluding hydrogens is 300 g/mol. The van der Waals surface area contributed by atoms with Gasteiger partial charge in [-0.15, -0.1) is 0 Å². The number of nitrogens with one attached hydrogen (secondary N) is 2.